The molecular formula is C9H12F3N3. The van der Waals surface area contributed by atoms with E-state index in [-0.39, 0.29) is 6.17 Å². The minimum atomic E-state index is -4.35. The van der Waals surface area contributed by atoms with E-state index >= 15 is 0 Å². The summed E-state index contributed by atoms with van der Waals surface area (Å²) in [4.78, 5) is 0. The standard InChI is InChI=1S/C9H12F3N3/c10-9(11,12)7-4-6-15(14-7)8-3-1-2-5-13-8/h4,6,8,13H,1-3,5H2/t8-/m1/s1. The number of alkyl halides is 3. The van der Waals surface area contributed by atoms with Crippen molar-refractivity contribution in [1.82, 2.24) is 15.1 Å². The zero-order valence-corrected chi connectivity index (χ0v) is 8.09. The monoisotopic (exact) mass is 219 g/mol. The molecule has 0 saturated carbocycles. The molecule has 3 nitrogen and oxygen atoms in total. The molecule has 0 amide bonds. The van der Waals surface area contributed by atoms with Crippen LogP contribution in [0, 0.1) is 0 Å². The van der Waals surface area contributed by atoms with Gasteiger partial charge in [0, 0.05) is 6.20 Å². The largest absolute Gasteiger partial charge is 0.435 e. The van der Waals surface area contributed by atoms with Crippen LogP contribution in [0.4, 0.5) is 13.2 Å². The maximum atomic E-state index is 12.3. The summed E-state index contributed by atoms with van der Waals surface area (Å²) in [5.74, 6) is 0. The van der Waals surface area contributed by atoms with Crippen LogP contribution in [0.3, 0.4) is 0 Å². The fourth-order valence-electron chi connectivity index (χ4n) is 1.72. The Bertz CT molecular complexity index is 326. The Labute approximate surface area is 85.3 Å². The van der Waals surface area contributed by atoms with Gasteiger partial charge >= 0.3 is 6.18 Å². The lowest BCUT2D eigenvalue weighted by Crippen LogP contribution is -2.31. The highest BCUT2D eigenvalue weighted by molar-refractivity contribution is 5.03. The molecule has 0 bridgehead atoms. The molecule has 1 atom stereocenters. The summed E-state index contributed by atoms with van der Waals surface area (Å²) in [5, 5.41) is 6.67. The molecule has 2 heterocycles. The highest BCUT2D eigenvalue weighted by atomic mass is 19.4. The molecule has 15 heavy (non-hydrogen) atoms. The van der Waals surface area contributed by atoms with E-state index < -0.39 is 11.9 Å². The maximum Gasteiger partial charge on any atom is 0.435 e. The minimum absolute atomic E-state index is 0.0881. The summed E-state index contributed by atoms with van der Waals surface area (Å²) in [6.45, 7) is 0.839. The third kappa shape index (κ3) is 2.31. The van der Waals surface area contributed by atoms with Crippen LogP contribution in [0.1, 0.15) is 31.1 Å². The molecule has 0 aromatic carbocycles. The van der Waals surface area contributed by atoms with Crippen LogP contribution in [-0.4, -0.2) is 16.3 Å². The average molecular weight is 219 g/mol. The molecule has 6 heteroatoms. The van der Waals surface area contributed by atoms with Crippen molar-refractivity contribution < 1.29 is 13.2 Å². The molecule has 1 aromatic rings. The van der Waals surface area contributed by atoms with Gasteiger partial charge in [0.2, 0.25) is 0 Å². The van der Waals surface area contributed by atoms with Crippen LogP contribution in [0.2, 0.25) is 0 Å². The molecule has 2 rings (SSSR count). The zero-order chi connectivity index (χ0) is 10.9. The first-order valence-corrected chi connectivity index (χ1v) is 4.93. The van der Waals surface area contributed by atoms with Crippen LogP contribution >= 0.6 is 0 Å². The highest BCUT2D eigenvalue weighted by Gasteiger charge is 2.34. The van der Waals surface area contributed by atoms with Crippen molar-refractivity contribution in [3.63, 3.8) is 0 Å². The Morgan fingerprint density at radius 1 is 1.40 bits per heavy atom. The lowest BCUT2D eigenvalue weighted by molar-refractivity contribution is -0.141. The third-order valence-electron chi connectivity index (χ3n) is 2.50. The predicted octanol–water partition coefficient (Wildman–Crippen LogP) is 2.17. The number of rotatable bonds is 1. The van der Waals surface area contributed by atoms with Crippen LogP contribution in [0.15, 0.2) is 12.3 Å². The fourth-order valence-corrected chi connectivity index (χ4v) is 1.72. The molecule has 0 aliphatic carbocycles. The van der Waals surface area contributed by atoms with Crippen molar-refractivity contribution in [2.45, 2.75) is 31.6 Å². The Morgan fingerprint density at radius 3 is 2.73 bits per heavy atom. The van der Waals surface area contributed by atoms with Crippen molar-refractivity contribution in [2.75, 3.05) is 6.54 Å². The van der Waals surface area contributed by atoms with Gasteiger partial charge in [0.1, 0.15) is 6.17 Å². The maximum absolute atomic E-state index is 12.3. The van der Waals surface area contributed by atoms with Gasteiger partial charge in [0.05, 0.1) is 0 Å². The van der Waals surface area contributed by atoms with Crippen molar-refractivity contribution in [3.8, 4) is 0 Å². The number of nitrogens with zero attached hydrogens (tertiary/aromatic N) is 2. The van der Waals surface area contributed by atoms with E-state index in [1.807, 2.05) is 0 Å². The highest BCUT2D eigenvalue weighted by Crippen LogP contribution is 2.28. The van der Waals surface area contributed by atoms with E-state index in [2.05, 4.69) is 10.4 Å². The first kappa shape index (κ1) is 10.5. The second kappa shape index (κ2) is 3.84. The predicted molar refractivity (Wildman–Crippen MR) is 48.1 cm³/mol. The van der Waals surface area contributed by atoms with E-state index in [4.69, 9.17) is 0 Å². The summed E-state index contributed by atoms with van der Waals surface area (Å²) in [7, 11) is 0. The SMILES string of the molecule is FC(F)(F)c1ccn([C@@H]2CCCCN2)n1. The Kier molecular flexibility index (Phi) is 2.68. The van der Waals surface area contributed by atoms with Crippen LogP contribution in [-0.2, 0) is 6.18 Å². The number of halogens is 3. The van der Waals surface area contributed by atoms with Crippen LogP contribution < -0.4 is 5.32 Å². The first-order chi connectivity index (χ1) is 7.07. The second-order valence-electron chi connectivity index (χ2n) is 3.64. The summed E-state index contributed by atoms with van der Waals surface area (Å²) in [6.07, 6.45) is -0.122. The summed E-state index contributed by atoms with van der Waals surface area (Å²) >= 11 is 0. The van der Waals surface area contributed by atoms with E-state index in [0.717, 1.165) is 31.9 Å². The number of aromatic nitrogens is 2. The van der Waals surface area contributed by atoms with Gasteiger partial charge in [-0.2, -0.15) is 18.3 Å². The molecular weight excluding hydrogens is 207 g/mol. The molecule has 1 fully saturated rings. The summed E-state index contributed by atoms with van der Waals surface area (Å²) in [6, 6.07) is 1.01. The number of piperidine rings is 1. The topological polar surface area (TPSA) is 29.9 Å². The molecule has 1 aromatic heterocycles. The molecule has 1 aliphatic rings. The molecule has 0 spiro atoms. The number of hydrogen-bond acceptors (Lipinski definition) is 2. The molecule has 1 N–H and O–H groups in total. The van der Waals surface area contributed by atoms with E-state index in [1.54, 1.807) is 0 Å². The molecule has 0 unspecified atom stereocenters. The van der Waals surface area contributed by atoms with Gasteiger partial charge in [-0.25, -0.2) is 0 Å². The fraction of sp³-hybridized carbons (Fsp3) is 0.667. The third-order valence-corrected chi connectivity index (χ3v) is 2.50. The average Bonchev–Trinajstić information content (AvgIpc) is 2.67. The Morgan fingerprint density at radius 2 is 2.20 bits per heavy atom. The van der Waals surface area contributed by atoms with Crippen LogP contribution in [0.5, 0.6) is 0 Å². The summed E-state index contributed by atoms with van der Waals surface area (Å²) < 4.78 is 38.2. The quantitative estimate of drug-likeness (QED) is 0.784. The van der Waals surface area contributed by atoms with Crippen molar-refractivity contribution in [1.29, 1.82) is 0 Å². The molecule has 84 valence electrons. The second-order valence-corrected chi connectivity index (χ2v) is 3.64. The van der Waals surface area contributed by atoms with Gasteiger partial charge in [-0.05, 0) is 31.9 Å². The molecule has 0 radical (unpaired) electrons. The van der Waals surface area contributed by atoms with Crippen molar-refractivity contribution in [2.24, 2.45) is 0 Å². The van der Waals surface area contributed by atoms with Crippen molar-refractivity contribution >= 4 is 0 Å². The van der Waals surface area contributed by atoms with E-state index in [1.165, 1.54) is 10.9 Å². The van der Waals surface area contributed by atoms with Gasteiger partial charge < -0.3 is 0 Å². The Hall–Kier alpha value is -1.04. The van der Waals surface area contributed by atoms with Gasteiger partial charge in [0.15, 0.2) is 5.69 Å². The first-order valence-electron chi connectivity index (χ1n) is 4.93. The van der Waals surface area contributed by atoms with E-state index in [9.17, 15) is 13.2 Å². The smallest absolute Gasteiger partial charge is 0.296 e. The van der Waals surface area contributed by atoms with Gasteiger partial charge in [0.25, 0.3) is 0 Å². The summed E-state index contributed by atoms with van der Waals surface area (Å²) in [5.41, 5.74) is -0.824. The van der Waals surface area contributed by atoms with Crippen molar-refractivity contribution in [3.05, 3.63) is 18.0 Å². The molecule has 1 aliphatic heterocycles. The Balaban J connectivity index is 2.12. The number of hydrogen-bond donors (Lipinski definition) is 1. The van der Waals surface area contributed by atoms with Gasteiger partial charge in [-0.1, -0.05) is 0 Å². The normalized spacial score (nSPS) is 23.0. The van der Waals surface area contributed by atoms with E-state index in [0.29, 0.717) is 0 Å². The zero-order valence-electron chi connectivity index (χ0n) is 8.09. The van der Waals surface area contributed by atoms with Crippen LogP contribution in [0.25, 0.3) is 0 Å². The lowest BCUT2D eigenvalue weighted by Gasteiger charge is -2.23. The van der Waals surface area contributed by atoms with Gasteiger partial charge in [-0.15, -0.1) is 0 Å². The number of nitrogens with one attached hydrogen (secondary N) is 1. The van der Waals surface area contributed by atoms with Gasteiger partial charge in [-0.3, -0.25) is 10.00 Å². The molecule has 1 saturated heterocycles. The lowest BCUT2D eigenvalue weighted by atomic mass is 10.1. The minimum Gasteiger partial charge on any atom is -0.296 e.